The number of nitrogens with zero attached hydrogens (tertiary/aromatic N) is 1. The van der Waals surface area contributed by atoms with Gasteiger partial charge in [-0.2, -0.15) is 0 Å². The SMILES string of the molecule is CC(C)NC(=O)Cc1ccc(NC(=O)Nc2ncc(-c3ccccc3)s2)cc1. The van der Waals surface area contributed by atoms with Crippen LogP contribution in [0.25, 0.3) is 10.4 Å². The summed E-state index contributed by atoms with van der Waals surface area (Å²) in [7, 11) is 0. The maximum Gasteiger partial charge on any atom is 0.325 e. The molecule has 2 aromatic carbocycles. The van der Waals surface area contributed by atoms with Crippen LogP contribution in [0, 0.1) is 0 Å². The van der Waals surface area contributed by atoms with Crippen LogP contribution in [0.4, 0.5) is 15.6 Å². The second-order valence-electron chi connectivity index (χ2n) is 6.57. The van der Waals surface area contributed by atoms with E-state index in [1.165, 1.54) is 11.3 Å². The second kappa shape index (κ2) is 9.14. The normalized spacial score (nSPS) is 10.5. The first-order valence-corrected chi connectivity index (χ1v) is 9.79. The van der Waals surface area contributed by atoms with E-state index in [1.54, 1.807) is 18.3 Å². The van der Waals surface area contributed by atoms with Crippen LogP contribution in [0.5, 0.6) is 0 Å². The Bertz CT molecular complexity index is 937. The van der Waals surface area contributed by atoms with E-state index < -0.39 is 0 Å². The van der Waals surface area contributed by atoms with Gasteiger partial charge in [0, 0.05) is 17.9 Å². The summed E-state index contributed by atoms with van der Waals surface area (Å²) in [6.07, 6.45) is 2.05. The number of amides is 3. The summed E-state index contributed by atoms with van der Waals surface area (Å²) in [5.41, 5.74) is 2.59. The van der Waals surface area contributed by atoms with Crippen LogP contribution < -0.4 is 16.0 Å². The van der Waals surface area contributed by atoms with Gasteiger partial charge in [0.05, 0.1) is 11.3 Å². The fourth-order valence-corrected chi connectivity index (χ4v) is 3.41. The second-order valence-corrected chi connectivity index (χ2v) is 7.60. The van der Waals surface area contributed by atoms with Crippen LogP contribution in [-0.2, 0) is 11.2 Å². The number of carbonyl (C=O) groups excluding carboxylic acids is 2. The Kier molecular flexibility index (Phi) is 6.39. The molecule has 0 unspecified atom stereocenters. The molecule has 0 aliphatic carbocycles. The Balaban J connectivity index is 1.54. The molecular formula is C21H22N4O2S. The van der Waals surface area contributed by atoms with Gasteiger partial charge in [0.1, 0.15) is 0 Å². The van der Waals surface area contributed by atoms with Gasteiger partial charge in [-0.05, 0) is 37.1 Å². The highest BCUT2D eigenvalue weighted by Crippen LogP contribution is 2.28. The number of hydrogen-bond donors (Lipinski definition) is 3. The van der Waals surface area contributed by atoms with Crippen molar-refractivity contribution in [3.63, 3.8) is 0 Å². The van der Waals surface area contributed by atoms with E-state index >= 15 is 0 Å². The standard InChI is InChI=1S/C21H22N4O2S/c1-14(2)23-19(26)12-15-8-10-17(11-9-15)24-20(27)25-21-22-13-18(28-21)16-6-4-3-5-7-16/h3-11,13-14H,12H2,1-2H3,(H,23,26)(H2,22,24,25,27). The van der Waals surface area contributed by atoms with Gasteiger partial charge in [0.25, 0.3) is 0 Å². The fraction of sp³-hybridized carbons (Fsp3) is 0.190. The van der Waals surface area contributed by atoms with Gasteiger partial charge in [-0.1, -0.05) is 53.8 Å². The molecule has 7 heteroatoms. The maximum atomic E-state index is 12.2. The lowest BCUT2D eigenvalue weighted by atomic mass is 10.1. The van der Waals surface area contributed by atoms with Crippen molar-refractivity contribution in [3.05, 3.63) is 66.4 Å². The van der Waals surface area contributed by atoms with Crippen molar-refractivity contribution in [1.82, 2.24) is 10.3 Å². The number of aromatic nitrogens is 1. The number of anilines is 2. The molecule has 144 valence electrons. The van der Waals surface area contributed by atoms with Crippen molar-refractivity contribution in [2.45, 2.75) is 26.3 Å². The molecular weight excluding hydrogens is 372 g/mol. The number of urea groups is 1. The number of hydrogen-bond acceptors (Lipinski definition) is 4. The van der Waals surface area contributed by atoms with Gasteiger partial charge in [0.15, 0.2) is 5.13 Å². The molecule has 1 heterocycles. The quantitative estimate of drug-likeness (QED) is 0.575. The molecule has 3 rings (SSSR count). The van der Waals surface area contributed by atoms with E-state index in [-0.39, 0.29) is 18.0 Å². The highest BCUT2D eigenvalue weighted by Gasteiger charge is 2.09. The minimum Gasteiger partial charge on any atom is -0.354 e. The van der Waals surface area contributed by atoms with E-state index in [1.807, 2.05) is 56.3 Å². The van der Waals surface area contributed by atoms with Crippen LogP contribution in [0.2, 0.25) is 0 Å². The first-order chi connectivity index (χ1) is 13.5. The third-order valence-electron chi connectivity index (χ3n) is 3.81. The van der Waals surface area contributed by atoms with Crippen LogP contribution >= 0.6 is 11.3 Å². The van der Waals surface area contributed by atoms with Gasteiger partial charge >= 0.3 is 6.03 Å². The highest BCUT2D eigenvalue weighted by molar-refractivity contribution is 7.19. The van der Waals surface area contributed by atoms with Crippen LogP contribution in [-0.4, -0.2) is 23.0 Å². The third kappa shape index (κ3) is 5.65. The number of benzene rings is 2. The Hall–Kier alpha value is -3.19. The molecule has 0 atom stereocenters. The third-order valence-corrected chi connectivity index (χ3v) is 4.77. The minimum absolute atomic E-state index is 0.0218. The van der Waals surface area contributed by atoms with Crippen LogP contribution in [0.3, 0.4) is 0 Å². The lowest BCUT2D eigenvalue weighted by molar-refractivity contribution is -0.120. The lowest BCUT2D eigenvalue weighted by Gasteiger charge is -2.09. The molecule has 0 saturated carbocycles. The highest BCUT2D eigenvalue weighted by atomic mass is 32.1. The lowest BCUT2D eigenvalue weighted by Crippen LogP contribution is -2.31. The van der Waals surface area contributed by atoms with Gasteiger partial charge in [-0.3, -0.25) is 10.1 Å². The van der Waals surface area contributed by atoms with Crippen LogP contribution in [0.15, 0.2) is 60.8 Å². The first-order valence-electron chi connectivity index (χ1n) is 8.97. The molecule has 0 radical (unpaired) electrons. The molecule has 0 aliphatic heterocycles. The van der Waals surface area contributed by atoms with E-state index in [9.17, 15) is 9.59 Å². The average molecular weight is 395 g/mol. The molecule has 6 nitrogen and oxygen atoms in total. The zero-order valence-electron chi connectivity index (χ0n) is 15.7. The smallest absolute Gasteiger partial charge is 0.325 e. The molecule has 3 N–H and O–H groups in total. The summed E-state index contributed by atoms with van der Waals surface area (Å²) >= 11 is 1.41. The van der Waals surface area contributed by atoms with Crippen molar-refractivity contribution >= 4 is 34.1 Å². The Labute approximate surface area is 168 Å². The Morgan fingerprint density at radius 2 is 1.71 bits per heavy atom. The van der Waals surface area contributed by atoms with Crippen LogP contribution in [0.1, 0.15) is 19.4 Å². The number of thiazole rings is 1. The molecule has 3 aromatic rings. The molecule has 0 fully saturated rings. The van der Waals surface area contributed by atoms with Gasteiger partial charge < -0.3 is 10.6 Å². The number of rotatable bonds is 6. The predicted molar refractivity (Wildman–Crippen MR) is 114 cm³/mol. The van der Waals surface area contributed by atoms with Gasteiger partial charge in [-0.15, -0.1) is 0 Å². The predicted octanol–water partition coefficient (Wildman–Crippen LogP) is 4.52. The van der Waals surface area contributed by atoms with Crippen molar-refractivity contribution in [2.24, 2.45) is 0 Å². The monoisotopic (exact) mass is 394 g/mol. The zero-order valence-corrected chi connectivity index (χ0v) is 16.5. The summed E-state index contributed by atoms with van der Waals surface area (Å²) < 4.78 is 0. The summed E-state index contributed by atoms with van der Waals surface area (Å²) in [4.78, 5) is 29.2. The van der Waals surface area contributed by atoms with E-state index in [4.69, 9.17) is 0 Å². The molecule has 3 amide bonds. The largest absolute Gasteiger partial charge is 0.354 e. The Morgan fingerprint density at radius 1 is 1.00 bits per heavy atom. The fourth-order valence-electron chi connectivity index (χ4n) is 2.59. The van der Waals surface area contributed by atoms with Crippen molar-refractivity contribution in [1.29, 1.82) is 0 Å². The average Bonchev–Trinajstić information content (AvgIpc) is 3.12. The van der Waals surface area contributed by atoms with Crippen molar-refractivity contribution < 1.29 is 9.59 Å². The summed E-state index contributed by atoms with van der Waals surface area (Å²) in [6.45, 7) is 3.85. The van der Waals surface area contributed by atoms with Gasteiger partial charge in [0.2, 0.25) is 5.91 Å². The summed E-state index contributed by atoms with van der Waals surface area (Å²) in [5.74, 6) is -0.0218. The topological polar surface area (TPSA) is 83.1 Å². The number of nitrogens with one attached hydrogen (secondary N) is 3. The summed E-state index contributed by atoms with van der Waals surface area (Å²) in [5, 5.41) is 8.89. The molecule has 0 spiro atoms. The summed E-state index contributed by atoms with van der Waals surface area (Å²) in [6, 6.07) is 16.8. The molecule has 0 saturated heterocycles. The molecule has 28 heavy (non-hydrogen) atoms. The maximum absolute atomic E-state index is 12.2. The Morgan fingerprint density at radius 3 is 2.39 bits per heavy atom. The van der Waals surface area contributed by atoms with Crippen molar-refractivity contribution in [2.75, 3.05) is 10.6 Å². The molecule has 1 aromatic heterocycles. The van der Waals surface area contributed by atoms with Gasteiger partial charge in [-0.25, -0.2) is 9.78 Å². The first kappa shape index (κ1) is 19.6. The minimum atomic E-state index is -0.362. The van der Waals surface area contributed by atoms with E-state index in [0.29, 0.717) is 17.2 Å². The molecule has 0 bridgehead atoms. The van der Waals surface area contributed by atoms with E-state index in [0.717, 1.165) is 16.0 Å². The van der Waals surface area contributed by atoms with E-state index in [2.05, 4.69) is 20.9 Å². The van der Waals surface area contributed by atoms with Crippen molar-refractivity contribution in [3.8, 4) is 10.4 Å². The zero-order chi connectivity index (χ0) is 19.9. The molecule has 0 aliphatic rings. The number of carbonyl (C=O) groups is 2.